The highest BCUT2D eigenvalue weighted by Gasteiger charge is 2.37. The Bertz CT molecular complexity index is 612. The number of nitrogens with one attached hydrogen (secondary N) is 2. The molecule has 0 saturated heterocycles. The largest absolute Gasteiger partial charge is 0.416 e. The van der Waals surface area contributed by atoms with Crippen LogP contribution in [-0.2, 0) is 21.9 Å². The highest BCUT2D eigenvalue weighted by molar-refractivity contribution is 6.39. The summed E-state index contributed by atoms with van der Waals surface area (Å²) in [7, 11) is 0. The fourth-order valence-electron chi connectivity index (χ4n) is 1.61. The van der Waals surface area contributed by atoms with Gasteiger partial charge in [-0.1, -0.05) is 0 Å². The summed E-state index contributed by atoms with van der Waals surface area (Å²) in [6.07, 6.45) is -10.1. The highest BCUT2D eigenvalue weighted by Crippen LogP contribution is 2.37. The van der Waals surface area contributed by atoms with Crippen molar-refractivity contribution in [3.63, 3.8) is 0 Å². The van der Waals surface area contributed by atoms with Crippen molar-refractivity contribution >= 4 is 17.5 Å². The normalized spacial score (nSPS) is 12.7. The summed E-state index contributed by atoms with van der Waals surface area (Å²) in [4.78, 5) is 23.2. The van der Waals surface area contributed by atoms with Crippen LogP contribution in [0.2, 0.25) is 0 Å². The average molecular weight is 356 g/mol. The Labute approximate surface area is 133 Å². The lowest BCUT2D eigenvalue weighted by Gasteiger charge is -2.20. The maximum atomic E-state index is 12.7. The van der Waals surface area contributed by atoms with Crippen LogP contribution in [0, 0.1) is 0 Å². The first-order chi connectivity index (χ1) is 10.6. The van der Waals surface area contributed by atoms with Crippen molar-refractivity contribution in [1.29, 1.82) is 0 Å². The molecule has 1 aromatic carbocycles. The second kappa shape index (κ2) is 6.33. The first kappa shape index (κ1) is 19.8. The smallest absolute Gasteiger partial charge is 0.343 e. The van der Waals surface area contributed by atoms with Gasteiger partial charge in [0.2, 0.25) is 0 Å². The third-order valence-electron chi connectivity index (χ3n) is 2.54. The number of carbonyl (C=O) groups excluding carboxylic acids is 2. The first-order valence-corrected chi connectivity index (χ1v) is 6.52. The minimum atomic E-state index is -5.05. The number of alkyl halides is 6. The molecule has 0 heterocycles. The molecule has 0 aliphatic carbocycles. The van der Waals surface area contributed by atoms with Gasteiger partial charge in [-0.3, -0.25) is 9.59 Å². The predicted molar refractivity (Wildman–Crippen MR) is 73.0 cm³/mol. The van der Waals surface area contributed by atoms with Crippen LogP contribution in [0.4, 0.5) is 32.0 Å². The van der Waals surface area contributed by atoms with E-state index >= 15 is 0 Å². The Hall–Kier alpha value is -2.26. The zero-order chi connectivity index (χ0) is 18.9. The minimum Gasteiger partial charge on any atom is -0.343 e. The van der Waals surface area contributed by atoms with Crippen LogP contribution in [0.5, 0.6) is 0 Å². The van der Waals surface area contributed by atoms with Crippen LogP contribution in [0.1, 0.15) is 31.9 Å². The lowest BCUT2D eigenvalue weighted by Crippen LogP contribution is -2.46. The number of carbonyl (C=O) groups is 2. The summed E-state index contributed by atoms with van der Waals surface area (Å²) in [5.41, 5.74) is -4.78. The van der Waals surface area contributed by atoms with Gasteiger partial charge in [-0.25, -0.2) is 0 Å². The second-order valence-electron chi connectivity index (χ2n) is 5.95. The molecule has 1 aromatic rings. The van der Waals surface area contributed by atoms with Gasteiger partial charge in [0.15, 0.2) is 0 Å². The predicted octanol–water partition coefficient (Wildman–Crippen LogP) is 3.58. The van der Waals surface area contributed by atoms with Gasteiger partial charge in [0.1, 0.15) is 0 Å². The molecule has 0 fully saturated rings. The number of amides is 2. The number of hydrogen-bond donors (Lipinski definition) is 2. The van der Waals surface area contributed by atoms with Gasteiger partial charge >= 0.3 is 24.2 Å². The third-order valence-corrected chi connectivity index (χ3v) is 2.54. The van der Waals surface area contributed by atoms with Crippen molar-refractivity contribution in [3.05, 3.63) is 29.3 Å². The highest BCUT2D eigenvalue weighted by atomic mass is 19.4. The van der Waals surface area contributed by atoms with Crippen LogP contribution in [0.15, 0.2) is 18.2 Å². The summed E-state index contributed by atoms with van der Waals surface area (Å²) in [5, 5.41) is 3.97. The van der Waals surface area contributed by atoms with E-state index in [1.54, 1.807) is 26.1 Å². The Morgan fingerprint density at radius 2 is 1.21 bits per heavy atom. The van der Waals surface area contributed by atoms with E-state index in [0.717, 1.165) is 0 Å². The van der Waals surface area contributed by atoms with Gasteiger partial charge in [-0.15, -0.1) is 0 Å². The molecule has 4 nitrogen and oxygen atoms in total. The van der Waals surface area contributed by atoms with Gasteiger partial charge in [0.05, 0.1) is 11.1 Å². The fourth-order valence-corrected chi connectivity index (χ4v) is 1.61. The van der Waals surface area contributed by atoms with E-state index in [4.69, 9.17) is 0 Å². The third kappa shape index (κ3) is 5.74. The molecule has 0 radical (unpaired) electrons. The van der Waals surface area contributed by atoms with Crippen LogP contribution in [-0.4, -0.2) is 17.4 Å². The van der Waals surface area contributed by atoms with Crippen LogP contribution < -0.4 is 10.6 Å². The van der Waals surface area contributed by atoms with Gasteiger partial charge in [-0.2, -0.15) is 26.3 Å². The molecule has 134 valence electrons. The molecule has 0 saturated carbocycles. The Morgan fingerprint density at radius 1 is 0.792 bits per heavy atom. The monoisotopic (exact) mass is 356 g/mol. The maximum absolute atomic E-state index is 12.7. The first-order valence-electron chi connectivity index (χ1n) is 6.52. The number of rotatable bonds is 1. The zero-order valence-electron chi connectivity index (χ0n) is 12.8. The van der Waals surface area contributed by atoms with E-state index in [2.05, 4.69) is 5.32 Å². The molecule has 1 rings (SSSR count). The quantitative estimate of drug-likeness (QED) is 0.597. The number of halogens is 6. The Kier molecular flexibility index (Phi) is 5.22. The van der Waals surface area contributed by atoms with Crippen molar-refractivity contribution in [2.75, 3.05) is 5.32 Å². The van der Waals surface area contributed by atoms with Crippen molar-refractivity contribution in [2.45, 2.75) is 38.7 Å². The van der Waals surface area contributed by atoms with E-state index in [-0.39, 0.29) is 6.07 Å². The summed E-state index contributed by atoms with van der Waals surface area (Å²) in [5.74, 6) is -2.56. The van der Waals surface area contributed by atoms with E-state index in [9.17, 15) is 35.9 Å². The summed E-state index contributed by atoms with van der Waals surface area (Å²) >= 11 is 0. The van der Waals surface area contributed by atoms with Crippen molar-refractivity contribution in [1.82, 2.24) is 5.32 Å². The van der Waals surface area contributed by atoms with Gasteiger partial charge in [0.25, 0.3) is 0 Å². The van der Waals surface area contributed by atoms with Crippen LogP contribution in [0.3, 0.4) is 0 Å². The topological polar surface area (TPSA) is 58.2 Å². The van der Waals surface area contributed by atoms with E-state index in [1.165, 1.54) is 0 Å². The molecule has 0 bridgehead atoms. The lowest BCUT2D eigenvalue weighted by molar-refractivity contribution is -0.143. The molecule has 0 atom stereocenters. The zero-order valence-corrected chi connectivity index (χ0v) is 12.8. The maximum Gasteiger partial charge on any atom is 0.416 e. The Morgan fingerprint density at radius 3 is 1.54 bits per heavy atom. The van der Waals surface area contributed by atoms with Gasteiger partial charge < -0.3 is 10.6 Å². The van der Waals surface area contributed by atoms with Crippen molar-refractivity contribution in [2.24, 2.45) is 0 Å². The molecule has 0 spiro atoms. The molecule has 24 heavy (non-hydrogen) atoms. The Balaban J connectivity index is 3.15. The number of benzene rings is 1. The van der Waals surface area contributed by atoms with Crippen LogP contribution >= 0.6 is 0 Å². The molecule has 0 aliphatic rings. The summed E-state index contributed by atoms with van der Waals surface area (Å²) in [6.45, 7) is 4.64. The minimum absolute atomic E-state index is 0.0785. The van der Waals surface area contributed by atoms with E-state index < -0.39 is 46.5 Å². The SMILES string of the molecule is CC(C)(C)NC(=O)C(=O)Nc1cc(C(F)(F)F)cc(C(F)(F)F)c1. The summed E-state index contributed by atoms with van der Waals surface area (Å²) < 4.78 is 76.2. The fraction of sp³-hybridized carbons (Fsp3) is 0.429. The van der Waals surface area contributed by atoms with Gasteiger partial charge in [-0.05, 0) is 39.0 Å². The molecule has 0 unspecified atom stereocenters. The molecule has 10 heteroatoms. The van der Waals surface area contributed by atoms with E-state index in [0.29, 0.717) is 12.1 Å². The average Bonchev–Trinajstić information content (AvgIpc) is 2.34. The molecular formula is C14H14F6N2O2. The van der Waals surface area contributed by atoms with Crippen LogP contribution in [0.25, 0.3) is 0 Å². The molecule has 2 N–H and O–H groups in total. The van der Waals surface area contributed by atoms with E-state index in [1.807, 2.05) is 0 Å². The summed E-state index contributed by atoms with van der Waals surface area (Å²) in [6, 6.07) is 0.555. The number of hydrogen-bond acceptors (Lipinski definition) is 2. The lowest BCUT2D eigenvalue weighted by atomic mass is 10.1. The van der Waals surface area contributed by atoms with Gasteiger partial charge in [0, 0.05) is 11.2 Å². The van der Waals surface area contributed by atoms with Crippen molar-refractivity contribution < 1.29 is 35.9 Å². The second-order valence-corrected chi connectivity index (χ2v) is 5.95. The standard InChI is InChI=1S/C14H14F6N2O2/c1-12(2,3)22-11(24)10(23)21-9-5-7(13(15,16)17)4-8(6-9)14(18,19)20/h4-6H,1-3H3,(H,21,23)(H,22,24). The molecule has 2 amide bonds. The molecule has 0 aromatic heterocycles. The molecule has 0 aliphatic heterocycles. The van der Waals surface area contributed by atoms with Crippen molar-refractivity contribution in [3.8, 4) is 0 Å². The molecular weight excluding hydrogens is 342 g/mol. The number of anilines is 1.